The van der Waals surface area contributed by atoms with Crippen LogP contribution in [-0.2, 0) is 4.79 Å². The lowest BCUT2D eigenvalue weighted by molar-refractivity contribution is -0.139. The summed E-state index contributed by atoms with van der Waals surface area (Å²) in [6.45, 7) is 3.71. The molecule has 0 aromatic heterocycles. The van der Waals surface area contributed by atoms with Crippen molar-refractivity contribution in [1.29, 1.82) is 0 Å². The van der Waals surface area contributed by atoms with Crippen LogP contribution in [0, 0.1) is 13.8 Å². The van der Waals surface area contributed by atoms with Gasteiger partial charge in [0.15, 0.2) is 17.5 Å². The van der Waals surface area contributed by atoms with Gasteiger partial charge in [0.05, 0.1) is 21.3 Å². The van der Waals surface area contributed by atoms with Crippen molar-refractivity contribution in [2.75, 3.05) is 21.3 Å². The summed E-state index contributed by atoms with van der Waals surface area (Å²) in [5.41, 5.74) is 2.49. The Bertz CT molecular complexity index is 837. The number of hydrogen-bond donors (Lipinski definition) is 2. The topological polar surface area (TPSA) is 94.1 Å². The highest BCUT2D eigenvalue weighted by Crippen LogP contribution is 2.38. The minimum Gasteiger partial charge on any atom is -0.493 e. The summed E-state index contributed by atoms with van der Waals surface area (Å²) in [7, 11) is 4.34. The number of carbonyl (C=O) groups excluding carboxylic acids is 1. The van der Waals surface area contributed by atoms with E-state index in [1.807, 2.05) is 19.9 Å². The van der Waals surface area contributed by atoms with Crippen LogP contribution in [0.4, 0.5) is 0 Å². The van der Waals surface area contributed by atoms with Crippen LogP contribution < -0.4 is 19.5 Å². The zero-order chi connectivity index (χ0) is 20.1. The molecule has 2 aromatic carbocycles. The van der Waals surface area contributed by atoms with Crippen molar-refractivity contribution < 1.29 is 28.9 Å². The second kappa shape index (κ2) is 8.44. The summed E-state index contributed by atoms with van der Waals surface area (Å²) in [6.07, 6.45) is 0. The SMILES string of the molecule is COc1cc(C(=O)NC(C(=O)O)c2cccc(C)c2C)cc(OC)c1OC. The maximum Gasteiger partial charge on any atom is 0.330 e. The Kier molecular flexibility index (Phi) is 6.28. The maximum absolute atomic E-state index is 12.7. The average Bonchev–Trinajstić information content (AvgIpc) is 2.66. The molecule has 0 heterocycles. The molecule has 2 aromatic rings. The Balaban J connectivity index is 2.42. The normalized spacial score (nSPS) is 11.4. The number of amides is 1. The van der Waals surface area contributed by atoms with E-state index in [2.05, 4.69) is 5.32 Å². The highest BCUT2D eigenvalue weighted by Gasteiger charge is 2.26. The summed E-state index contributed by atoms with van der Waals surface area (Å²) in [5.74, 6) is -0.755. The molecule has 0 radical (unpaired) electrons. The van der Waals surface area contributed by atoms with E-state index in [1.54, 1.807) is 12.1 Å². The molecule has 1 atom stereocenters. The van der Waals surface area contributed by atoms with Crippen molar-refractivity contribution in [3.8, 4) is 17.2 Å². The van der Waals surface area contributed by atoms with Gasteiger partial charge >= 0.3 is 5.97 Å². The number of benzene rings is 2. The maximum atomic E-state index is 12.7. The molecule has 144 valence electrons. The highest BCUT2D eigenvalue weighted by atomic mass is 16.5. The smallest absolute Gasteiger partial charge is 0.330 e. The first-order chi connectivity index (χ1) is 12.8. The Labute approximate surface area is 157 Å². The lowest BCUT2D eigenvalue weighted by Gasteiger charge is -2.19. The molecule has 0 bridgehead atoms. The summed E-state index contributed by atoms with van der Waals surface area (Å²) in [6, 6.07) is 7.10. The standard InChI is InChI=1S/C20H23NO6/c1-11-7-6-8-14(12(11)2)17(20(23)24)21-19(22)13-9-15(25-3)18(27-5)16(10-13)26-4/h6-10,17H,1-5H3,(H,21,22)(H,23,24). The fourth-order valence-corrected chi connectivity index (χ4v) is 2.79. The third kappa shape index (κ3) is 4.13. The van der Waals surface area contributed by atoms with Gasteiger partial charge in [-0.05, 0) is 42.7 Å². The number of nitrogens with one attached hydrogen (secondary N) is 1. The quantitative estimate of drug-likeness (QED) is 0.775. The van der Waals surface area contributed by atoms with Crippen LogP contribution in [0.3, 0.4) is 0 Å². The second-order valence-electron chi connectivity index (χ2n) is 5.95. The Morgan fingerprint density at radius 2 is 1.59 bits per heavy atom. The van der Waals surface area contributed by atoms with Gasteiger partial charge < -0.3 is 24.6 Å². The average molecular weight is 373 g/mol. The van der Waals surface area contributed by atoms with Gasteiger partial charge in [-0.3, -0.25) is 4.79 Å². The van der Waals surface area contributed by atoms with Gasteiger partial charge in [0, 0.05) is 5.56 Å². The van der Waals surface area contributed by atoms with Crippen LogP contribution in [0.25, 0.3) is 0 Å². The molecule has 7 nitrogen and oxygen atoms in total. The van der Waals surface area contributed by atoms with Gasteiger partial charge in [-0.2, -0.15) is 0 Å². The van der Waals surface area contributed by atoms with E-state index in [1.165, 1.54) is 33.5 Å². The van der Waals surface area contributed by atoms with E-state index >= 15 is 0 Å². The molecule has 7 heteroatoms. The van der Waals surface area contributed by atoms with Crippen LogP contribution >= 0.6 is 0 Å². The minimum atomic E-state index is -1.18. The van der Waals surface area contributed by atoms with Crippen molar-refractivity contribution in [2.45, 2.75) is 19.9 Å². The van der Waals surface area contributed by atoms with E-state index in [9.17, 15) is 14.7 Å². The first-order valence-electron chi connectivity index (χ1n) is 8.23. The molecule has 0 fully saturated rings. The van der Waals surface area contributed by atoms with Crippen molar-refractivity contribution >= 4 is 11.9 Å². The zero-order valence-corrected chi connectivity index (χ0v) is 16.0. The zero-order valence-electron chi connectivity index (χ0n) is 16.0. The molecule has 0 aliphatic heterocycles. The Hall–Kier alpha value is -3.22. The van der Waals surface area contributed by atoms with Gasteiger partial charge in [0.1, 0.15) is 0 Å². The molecule has 2 rings (SSSR count). The van der Waals surface area contributed by atoms with E-state index in [-0.39, 0.29) is 5.56 Å². The third-order valence-corrected chi connectivity index (χ3v) is 4.41. The number of rotatable bonds is 7. The summed E-state index contributed by atoms with van der Waals surface area (Å²) in [4.78, 5) is 24.5. The van der Waals surface area contributed by atoms with Gasteiger partial charge in [-0.25, -0.2) is 4.79 Å². The predicted octanol–water partition coefficient (Wildman–Crippen LogP) is 2.88. The minimum absolute atomic E-state index is 0.195. The van der Waals surface area contributed by atoms with Gasteiger partial charge in [0.25, 0.3) is 5.91 Å². The number of aliphatic carboxylic acids is 1. The number of carboxylic acids is 1. The van der Waals surface area contributed by atoms with Gasteiger partial charge in [-0.15, -0.1) is 0 Å². The molecular weight excluding hydrogens is 350 g/mol. The molecule has 0 saturated heterocycles. The van der Waals surface area contributed by atoms with Crippen LogP contribution in [0.1, 0.15) is 33.1 Å². The predicted molar refractivity (Wildman–Crippen MR) is 99.9 cm³/mol. The van der Waals surface area contributed by atoms with Crippen LogP contribution in [0.15, 0.2) is 30.3 Å². The molecule has 0 spiro atoms. The lowest BCUT2D eigenvalue weighted by Crippen LogP contribution is -2.34. The van der Waals surface area contributed by atoms with Crippen molar-refractivity contribution in [2.24, 2.45) is 0 Å². The fourth-order valence-electron chi connectivity index (χ4n) is 2.79. The number of methoxy groups -OCH3 is 3. The Morgan fingerprint density at radius 1 is 1.00 bits per heavy atom. The van der Waals surface area contributed by atoms with E-state index in [0.29, 0.717) is 22.8 Å². The number of hydrogen-bond acceptors (Lipinski definition) is 5. The van der Waals surface area contributed by atoms with Crippen molar-refractivity contribution in [1.82, 2.24) is 5.32 Å². The second-order valence-corrected chi connectivity index (χ2v) is 5.95. The molecule has 1 unspecified atom stereocenters. The molecule has 0 aliphatic rings. The molecule has 2 N–H and O–H groups in total. The van der Waals surface area contributed by atoms with Crippen LogP contribution in [0.2, 0.25) is 0 Å². The van der Waals surface area contributed by atoms with E-state index < -0.39 is 17.9 Å². The van der Waals surface area contributed by atoms with Crippen molar-refractivity contribution in [3.63, 3.8) is 0 Å². The fraction of sp³-hybridized carbons (Fsp3) is 0.300. The first kappa shape index (κ1) is 20.1. The van der Waals surface area contributed by atoms with Crippen LogP contribution in [-0.4, -0.2) is 38.3 Å². The number of aryl methyl sites for hydroxylation is 1. The number of ether oxygens (including phenoxy) is 3. The molecule has 0 saturated carbocycles. The summed E-state index contributed by atoms with van der Waals surface area (Å²) < 4.78 is 15.7. The number of carbonyl (C=O) groups is 2. The van der Waals surface area contributed by atoms with Crippen molar-refractivity contribution in [3.05, 3.63) is 52.6 Å². The van der Waals surface area contributed by atoms with Gasteiger partial charge in [-0.1, -0.05) is 18.2 Å². The third-order valence-electron chi connectivity index (χ3n) is 4.41. The molecule has 0 aliphatic carbocycles. The largest absolute Gasteiger partial charge is 0.493 e. The first-order valence-corrected chi connectivity index (χ1v) is 8.23. The molecular formula is C20H23NO6. The Morgan fingerprint density at radius 3 is 2.07 bits per heavy atom. The van der Waals surface area contributed by atoms with Crippen LogP contribution in [0.5, 0.6) is 17.2 Å². The summed E-state index contributed by atoms with van der Waals surface area (Å²) >= 11 is 0. The summed E-state index contributed by atoms with van der Waals surface area (Å²) in [5, 5.41) is 12.2. The van der Waals surface area contributed by atoms with Gasteiger partial charge in [0.2, 0.25) is 5.75 Å². The van der Waals surface area contributed by atoms with E-state index in [4.69, 9.17) is 14.2 Å². The molecule has 27 heavy (non-hydrogen) atoms. The number of carboxylic acid groups (broad SMARTS) is 1. The lowest BCUT2D eigenvalue weighted by atomic mass is 9.97. The van der Waals surface area contributed by atoms with E-state index in [0.717, 1.165) is 11.1 Å². The monoisotopic (exact) mass is 373 g/mol. The highest BCUT2D eigenvalue weighted by molar-refractivity contribution is 5.98. The molecule has 1 amide bonds.